The average molecular weight is 549 g/mol. The maximum absolute atomic E-state index is 12.1. The molecule has 38 heavy (non-hydrogen) atoms. The van der Waals surface area contributed by atoms with E-state index in [-0.39, 0.29) is 11.3 Å². The van der Waals surface area contributed by atoms with E-state index in [9.17, 15) is 4.79 Å². The number of carbonyl (C=O) groups is 1. The summed E-state index contributed by atoms with van der Waals surface area (Å²) in [4.78, 5) is 16.4. The predicted octanol–water partition coefficient (Wildman–Crippen LogP) is 6.58. The van der Waals surface area contributed by atoms with Gasteiger partial charge in [0, 0.05) is 29.6 Å². The summed E-state index contributed by atoms with van der Waals surface area (Å²) in [6.45, 7) is 5.32. The molecule has 1 fully saturated rings. The lowest BCUT2D eigenvalue weighted by Gasteiger charge is -2.52. The Kier molecular flexibility index (Phi) is 7.57. The molecule has 1 saturated carbocycles. The molecule has 1 unspecified atom stereocenters. The van der Waals surface area contributed by atoms with Crippen LogP contribution in [0.4, 0.5) is 0 Å². The van der Waals surface area contributed by atoms with Crippen LogP contribution in [-0.4, -0.2) is 27.2 Å². The molecule has 3 N–H and O–H groups in total. The van der Waals surface area contributed by atoms with Gasteiger partial charge in [0.15, 0.2) is 0 Å². The lowest BCUT2D eigenvalue weighted by molar-refractivity contribution is -0.120. The molecule has 2 aromatic carbocycles. The molecule has 0 spiro atoms. The Hall–Kier alpha value is -3.19. The van der Waals surface area contributed by atoms with Crippen LogP contribution in [0.1, 0.15) is 49.9 Å². The molecule has 6 nitrogen and oxygen atoms in total. The number of carbonyl (C=O) groups excluding carboxylic acids is 1. The van der Waals surface area contributed by atoms with Crippen molar-refractivity contribution in [2.24, 2.45) is 17.1 Å². The fourth-order valence-electron chi connectivity index (χ4n) is 5.56. The number of nitrogens with two attached hydrogens (primary N) is 1. The van der Waals surface area contributed by atoms with Gasteiger partial charge in [-0.3, -0.25) is 9.78 Å². The second-order valence-electron chi connectivity index (χ2n) is 10.5. The average Bonchev–Trinajstić information content (AvgIpc) is 3.34. The third-order valence-electron chi connectivity index (χ3n) is 7.93. The molecule has 0 saturated heterocycles. The lowest BCUT2D eigenvalue weighted by Crippen LogP contribution is -2.45. The molecule has 0 bridgehead atoms. The molecule has 2 heterocycles. The van der Waals surface area contributed by atoms with E-state index in [0.717, 1.165) is 41.0 Å². The van der Waals surface area contributed by atoms with E-state index in [1.807, 2.05) is 65.5 Å². The maximum atomic E-state index is 12.1. The molecule has 2 aromatic heterocycles. The van der Waals surface area contributed by atoms with E-state index in [2.05, 4.69) is 30.2 Å². The Morgan fingerprint density at radius 2 is 1.89 bits per heavy atom. The van der Waals surface area contributed by atoms with Crippen molar-refractivity contribution in [2.75, 3.05) is 6.54 Å². The molecule has 4 aromatic rings. The minimum Gasteiger partial charge on any atom is -0.368 e. The summed E-state index contributed by atoms with van der Waals surface area (Å²) in [5.74, 6) is 0.402. The quantitative estimate of drug-likeness (QED) is 0.248. The van der Waals surface area contributed by atoms with Crippen LogP contribution in [0.3, 0.4) is 0 Å². The number of halogens is 2. The number of benzene rings is 2. The zero-order chi connectivity index (χ0) is 26.9. The fraction of sp³-hybridized carbons (Fsp3) is 0.300. The van der Waals surface area contributed by atoms with Gasteiger partial charge in [-0.1, -0.05) is 67.4 Å². The molecule has 0 aliphatic heterocycles. The van der Waals surface area contributed by atoms with Crippen LogP contribution in [0.5, 0.6) is 0 Å². The first kappa shape index (κ1) is 26.4. The van der Waals surface area contributed by atoms with Gasteiger partial charge in [-0.15, -0.1) is 0 Å². The normalized spacial score (nSPS) is 19.1. The van der Waals surface area contributed by atoms with Gasteiger partial charge in [-0.25, -0.2) is 4.68 Å². The molecule has 1 aliphatic rings. The highest BCUT2D eigenvalue weighted by atomic mass is 35.5. The second kappa shape index (κ2) is 10.9. The predicted molar refractivity (Wildman–Crippen MR) is 152 cm³/mol. The van der Waals surface area contributed by atoms with E-state index < -0.39 is 6.04 Å². The number of amides is 1. The van der Waals surface area contributed by atoms with E-state index >= 15 is 0 Å². The van der Waals surface area contributed by atoms with Crippen molar-refractivity contribution in [3.63, 3.8) is 0 Å². The van der Waals surface area contributed by atoms with Crippen LogP contribution in [0, 0.1) is 11.3 Å². The van der Waals surface area contributed by atoms with Gasteiger partial charge in [0.25, 0.3) is 0 Å². The standard InChI is InChI=1S/C30H31Cl2N5O/c1-30(2)21(12-14-35-28(29(33)38)19-7-4-3-5-8-19)15-23(30)27-17-26(20-9-6-13-34-18-20)36-37(27)22-10-11-24(31)25(32)16-22/h3-11,13,16-18,21,23,28,35H,12,14-15H2,1-2H3,(H2,33,38)/t21-,23-,28?/m0/s1. The number of hydrogen-bond acceptors (Lipinski definition) is 4. The zero-order valence-electron chi connectivity index (χ0n) is 21.4. The first-order valence-corrected chi connectivity index (χ1v) is 13.5. The molecule has 0 radical (unpaired) electrons. The van der Waals surface area contributed by atoms with Crippen molar-refractivity contribution in [3.05, 3.63) is 100 Å². The first-order chi connectivity index (χ1) is 18.3. The third kappa shape index (κ3) is 5.21. The van der Waals surface area contributed by atoms with Crippen LogP contribution < -0.4 is 11.1 Å². The van der Waals surface area contributed by atoms with Crippen molar-refractivity contribution in [1.82, 2.24) is 20.1 Å². The first-order valence-electron chi connectivity index (χ1n) is 12.8. The third-order valence-corrected chi connectivity index (χ3v) is 8.67. The summed E-state index contributed by atoms with van der Waals surface area (Å²) in [6, 6.07) is 20.8. The van der Waals surface area contributed by atoms with Gasteiger partial charge in [0.1, 0.15) is 6.04 Å². The topological polar surface area (TPSA) is 85.8 Å². The van der Waals surface area contributed by atoms with E-state index in [1.54, 1.807) is 12.3 Å². The Labute approximate surface area is 233 Å². The molecule has 5 rings (SSSR count). The molecule has 1 amide bonds. The minimum atomic E-state index is -0.492. The summed E-state index contributed by atoms with van der Waals surface area (Å²) in [7, 11) is 0. The number of hydrogen-bond donors (Lipinski definition) is 2. The van der Waals surface area contributed by atoms with Gasteiger partial charge >= 0.3 is 0 Å². The lowest BCUT2D eigenvalue weighted by atomic mass is 9.53. The van der Waals surface area contributed by atoms with Crippen molar-refractivity contribution in [3.8, 4) is 16.9 Å². The van der Waals surface area contributed by atoms with Crippen molar-refractivity contribution in [1.29, 1.82) is 0 Å². The van der Waals surface area contributed by atoms with E-state index in [1.165, 1.54) is 0 Å². The Morgan fingerprint density at radius 1 is 1.11 bits per heavy atom. The number of pyridine rings is 1. The summed E-state index contributed by atoms with van der Waals surface area (Å²) in [5, 5.41) is 9.34. The van der Waals surface area contributed by atoms with E-state index in [0.29, 0.717) is 28.4 Å². The van der Waals surface area contributed by atoms with Crippen molar-refractivity contribution < 1.29 is 4.79 Å². The molecule has 3 atom stereocenters. The molecule has 1 aliphatic carbocycles. The summed E-state index contributed by atoms with van der Waals surface area (Å²) in [6.07, 6.45) is 5.54. The molecule has 8 heteroatoms. The Balaban J connectivity index is 1.36. The van der Waals surface area contributed by atoms with Crippen LogP contribution in [0.15, 0.2) is 79.1 Å². The number of aromatic nitrogens is 3. The summed E-state index contributed by atoms with van der Waals surface area (Å²) in [5.41, 5.74) is 10.4. The summed E-state index contributed by atoms with van der Waals surface area (Å²) < 4.78 is 1.99. The monoisotopic (exact) mass is 547 g/mol. The number of nitrogens with zero attached hydrogens (tertiary/aromatic N) is 3. The smallest absolute Gasteiger partial charge is 0.239 e. The van der Waals surface area contributed by atoms with Gasteiger partial charge in [-0.2, -0.15) is 5.10 Å². The summed E-state index contributed by atoms with van der Waals surface area (Å²) >= 11 is 12.6. The highest BCUT2D eigenvalue weighted by molar-refractivity contribution is 6.42. The van der Waals surface area contributed by atoms with E-state index in [4.69, 9.17) is 34.0 Å². The largest absolute Gasteiger partial charge is 0.368 e. The number of rotatable bonds is 9. The molecular formula is C30H31Cl2N5O. The van der Waals surface area contributed by atoms with Gasteiger partial charge in [-0.05, 0) is 72.7 Å². The van der Waals surface area contributed by atoms with Crippen LogP contribution >= 0.6 is 23.2 Å². The Morgan fingerprint density at radius 3 is 2.55 bits per heavy atom. The fourth-order valence-corrected chi connectivity index (χ4v) is 5.85. The van der Waals surface area contributed by atoms with Gasteiger partial charge in [0.05, 0.1) is 21.4 Å². The minimum absolute atomic E-state index is 0.0247. The van der Waals surface area contributed by atoms with Crippen molar-refractivity contribution in [2.45, 2.75) is 38.6 Å². The Bertz CT molecular complexity index is 1420. The maximum Gasteiger partial charge on any atom is 0.239 e. The molecular weight excluding hydrogens is 517 g/mol. The highest BCUT2D eigenvalue weighted by Gasteiger charge is 2.49. The molecule has 196 valence electrons. The second-order valence-corrected chi connectivity index (χ2v) is 11.3. The SMILES string of the molecule is CC1(C)[C@@H](CCNC(C(N)=O)c2ccccc2)C[C@H]1c1cc(-c2cccnc2)nn1-c1ccc(Cl)c(Cl)c1. The van der Waals surface area contributed by atoms with Crippen LogP contribution in [0.25, 0.3) is 16.9 Å². The van der Waals surface area contributed by atoms with Crippen LogP contribution in [0.2, 0.25) is 10.0 Å². The number of primary amides is 1. The highest BCUT2D eigenvalue weighted by Crippen LogP contribution is 2.58. The van der Waals surface area contributed by atoms with Gasteiger partial charge < -0.3 is 11.1 Å². The van der Waals surface area contributed by atoms with Crippen LogP contribution in [-0.2, 0) is 4.79 Å². The van der Waals surface area contributed by atoms with Gasteiger partial charge in [0.2, 0.25) is 5.91 Å². The van der Waals surface area contributed by atoms with Crippen molar-refractivity contribution >= 4 is 29.1 Å². The number of nitrogens with one attached hydrogen (secondary N) is 1. The zero-order valence-corrected chi connectivity index (χ0v) is 23.0.